The summed E-state index contributed by atoms with van der Waals surface area (Å²) in [6.45, 7) is 6.54. The van der Waals surface area contributed by atoms with Crippen LogP contribution < -0.4 is 4.74 Å². The Kier molecular flexibility index (Phi) is 4.20. The Balaban J connectivity index is 1.92. The number of hydrogen-bond donors (Lipinski definition) is 0. The molecule has 1 radical (unpaired) electrons. The Morgan fingerprint density at radius 1 is 1.33 bits per heavy atom. The molecule has 0 atom stereocenters. The molecule has 1 saturated heterocycles. The lowest BCUT2D eigenvalue weighted by Crippen LogP contribution is -2.43. The standard InChI is InChI=1S/C14H18NO3/c1-11-4-3-5-12(2)14(11)18-10-13(16)15-6-8-17-9-7-15/h4-5H,6-10H2,1-2H3. The van der Waals surface area contributed by atoms with Crippen LogP contribution in [0.3, 0.4) is 0 Å². The average Bonchev–Trinajstić information content (AvgIpc) is 2.39. The molecule has 0 spiro atoms. The maximum atomic E-state index is 11.9. The van der Waals surface area contributed by atoms with Crippen LogP contribution >= 0.6 is 0 Å². The van der Waals surface area contributed by atoms with E-state index in [4.69, 9.17) is 9.47 Å². The van der Waals surface area contributed by atoms with Crippen LogP contribution in [0.1, 0.15) is 11.1 Å². The number of carbonyl (C=O) groups is 1. The fourth-order valence-corrected chi connectivity index (χ4v) is 2.00. The molecule has 1 amide bonds. The van der Waals surface area contributed by atoms with Crippen molar-refractivity contribution in [3.05, 3.63) is 29.3 Å². The molecular formula is C14H18NO3. The Hall–Kier alpha value is -1.55. The van der Waals surface area contributed by atoms with E-state index in [2.05, 4.69) is 6.07 Å². The van der Waals surface area contributed by atoms with E-state index in [1.165, 1.54) is 0 Å². The van der Waals surface area contributed by atoms with Gasteiger partial charge < -0.3 is 14.4 Å². The highest BCUT2D eigenvalue weighted by Crippen LogP contribution is 2.21. The molecule has 1 aromatic carbocycles. The maximum absolute atomic E-state index is 11.9. The van der Waals surface area contributed by atoms with Gasteiger partial charge >= 0.3 is 0 Å². The van der Waals surface area contributed by atoms with E-state index in [1.54, 1.807) is 4.90 Å². The minimum absolute atomic E-state index is 0.0185. The lowest BCUT2D eigenvalue weighted by Gasteiger charge is -2.27. The molecule has 1 aliphatic rings. The average molecular weight is 248 g/mol. The number of amides is 1. The van der Waals surface area contributed by atoms with Gasteiger partial charge in [0.2, 0.25) is 0 Å². The molecule has 1 heterocycles. The first kappa shape index (κ1) is 12.9. The van der Waals surface area contributed by atoms with Crippen LogP contribution in [0.4, 0.5) is 0 Å². The summed E-state index contributed by atoms with van der Waals surface area (Å²) in [5.41, 5.74) is 2.01. The number of hydrogen-bond acceptors (Lipinski definition) is 3. The Labute approximate surface area is 107 Å². The maximum Gasteiger partial charge on any atom is 0.260 e. The summed E-state index contributed by atoms with van der Waals surface area (Å²) in [5.74, 6) is 0.806. The van der Waals surface area contributed by atoms with Gasteiger partial charge in [-0.05, 0) is 43.2 Å². The smallest absolute Gasteiger partial charge is 0.260 e. The van der Waals surface area contributed by atoms with Crippen molar-refractivity contribution in [1.82, 2.24) is 4.90 Å². The quantitative estimate of drug-likeness (QED) is 0.810. The van der Waals surface area contributed by atoms with Crippen molar-refractivity contribution >= 4 is 5.91 Å². The van der Waals surface area contributed by atoms with Crippen molar-refractivity contribution in [1.29, 1.82) is 0 Å². The number of aryl methyl sites for hydroxylation is 2. The first-order valence-corrected chi connectivity index (χ1v) is 6.14. The van der Waals surface area contributed by atoms with E-state index in [1.807, 2.05) is 26.0 Å². The summed E-state index contributed by atoms with van der Waals surface area (Å²) in [5, 5.41) is 0. The fraction of sp³-hybridized carbons (Fsp3) is 0.500. The van der Waals surface area contributed by atoms with Crippen molar-refractivity contribution < 1.29 is 14.3 Å². The topological polar surface area (TPSA) is 38.8 Å². The molecule has 1 aromatic rings. The van der Waals surface area contributed by atoms with Crippen molar-refractivity contribution in [3.8, 4) is 5.75 Å². The van der Waals surface area contributed by atoms with Crippen LogP contribution in [0, 0.1) is 19.9 Å². The van der Waals surface area contributed by atoms with Crippen LogP contribution in [-0.2, 0) is 9.53 Å². The predicted octanol–water partition coefficient (Wildman–Crippen LogP) is 1.34. The molecule has 4 heteroatoms. The van der Waals surface area contributed by atoms with Gasteiger partial charge in [0, 0.05) is 13.1 Å². The van der Waals surface area contributed by atoms with Gasteiger partial charge in [-0.25, -0.2) is 0 Å². The van der Waals surface area contributed by atoms with E-state index < -0.39 is 0 Å². The predicted molar refractivity (Wildman–Crippen MR) is 67.6 cm³/mol. The number of benzene rings is 1. The second kappa shape index (κ2) is 5.87. The molecule has 0 aliphatic carbocycles. The third kappa shape index (κ3) is 3.01. The van der Waals surface area contributed by atoms with Crippen molar-refractivity contribution in [2.24, 2.45) is 0 Å². The van der Waals surface area contributed by atoms with E-state index in [0.29, 0.717) is 26.3 Å². The number of rotatable bonds is 3. The summed E-state index contributed by atoms with van der Waals surface area (Å²) in [7, 11) is 0. The zero-order chi connectivity index (χ0) is 13.0. The lowest BCUT2D eigenvalue weighted by atomic mass is 10.1. The summed E-state index contributed by atoms with van der Waals surface area (Å²) in [6.07, 6.45) is 0. The highest BCUT2D eigenvalue weighted by atomic mass is 16.5. The molecule has 0 bridgehead atoms. The monoisotopic (exact) mass is 248 g/mol. The van der Waals surface area contributed by atoms with Gasteiger partial charge in [0.1, 0.15) is 5.75 Å². The minimum atomic E-state index is 0.0185. The number of morpholine rings is 1. The minimum Gasteiger partial charge on any atom is -0.483 e. The van der Waals surface area contributed by atoms with Crippen LogP contribution in [0.2, 0.25) is 0 Å². The van der Waals surface area contributed by atoms with Gasteiger partial charge in [-0.15, -0.1) is 0 Å². The van der Waals surface area contributed by atoms with E-state index in [-0.39, 0.29) is 12.5 Å². The summed E-state index contributed by atoms with van der Waals surface area (Å²) in [4.78, 5) is 13.7. The van der Waals surface area contributed by atoms with E-state index in [0.717, 1.165) is 16.9 Å². The molecule has 0 N–H and O–H groups in total. The van der Waals surface area contributed by atoms with Crippen molar-refractivity contribution in [2.45, 2.75) is 13.8 Å². The molecule has 0 aromatic heterocycles. The van der Waals surface area contributed by atoms with Gasteiger partial charge in [-0.2, -0.15) is 0 Å². The third-order valence-corrected chi connectivity index (χ3v) is 3.02. The molecule has 0 saturated carbocycles. The zero-order valence-electron chi connectivity index (χ0n) is 10.9. The lowest BCUT2D eigenvalue weighted by molar-refractivity contribution is -0.137. The largest absolute Gasteiger partial charge is 0.483 e. The van der Waals surface area contributed by atoms with Crippen molar-refractivity contribution in [2.75, 3.05) is 32.9 Å². The van der Waals surface area contributed by atoms with E-state index >= 15 is 0 Å². The molecule has 18 heavy (non-hydrogen) atoms. The molecule has 1 aliphatic heterocycles. The highest BCUT2D eigenvalue weighted by Gasteiger charge is 2.17. The Bertz CT molecular complexity index is 405. The third-order valence-electron chi connectivity index (χ3n) is 3.02. The van der Waals surface area contributed by atoms with Crippen LogP contribution in [0.5, 0.6) is 5.75 Å². The van der Waals surface area contributed by atoms with Crippen molar-refractivity contribution in [3.63, 3.8) is 0 Å². The fourth-order valence-electron chi connectivity index (χ4n) is 2.00. The first-order valence-electron chi connectivity index (χ1n) is 6.14. The van der Waals surface area contributed by atoms with Gasteiger partial charge in [0.05, 0.1) is 13.2 Å². The Morgan fingerprint density at radius 2 is 1.94 bits per heavy atom. The van der Waals surface area contributed by atoms with Crippen LogP contribution in [-0.4, -0.2) is 43.7 Å². The number of nitrogens with zero attached hydrogens (tertiary/aromatic N) is 1. The van der Waals surface area contributed by atoms with Crippen LogP contribution in [0.15, 0.2) is 12.1 Å². The number of ether oxygens (including phenoxy) is 2. The Morgan fingerprint density at radius 3 is 2.56 bits per heavy atom. The number of carbonyl (C=O) groups excluding carboxylic acids is 1. The molecule has 1 fully saturated rings. The molecule has 0 unspecified atom stereocenters. The second-order valence-electron chi connectivity index (χ2n) is 4.43. The van der Waals surface area contributed by atoms with Gasteiger partial charge in [0.25, 0.3) is 5.91 Å². The van der Waals surface area contributed by atoms with E-state index in [9.17, 15) is 4.79 Å². The van der Waals surface area contributed by atoms with Crippen LogP contribution in [0.25, 0.3) is 0 Å². The molecular weight excluding hydrogens is 230 g/mol. The second-order valence-corrected chi connectivity index (χ2v) is 4.43. The highest BCUT2D eigenvalue weighted by molar-refractivity contribution is 5.78. The molecule has 97 valence electrons. The SMILES string of the molecule is Cc1c[c]cc(C)c1OCC(=O)N1CCOCC1. The summed E-state index contributed by atoms with van der Waals surface area (Å²) < 4.78 is 10.8. The van der Waals surface area contributed by atoms with Gasteiger partial charge in [0.15, 0.2) is 6.61 Å². The van der Waals surface area contributed by atoms with Gasteiger partial charge in [-0.3, -0.25) is 4.79 Å². The summed E-state index contributed by atoms with van der Waals surface area (Å²) >= 11 is 0. The normalized spacial score (nSPS) is 15.6. The molecule has 2 rings (SSSR count). The zero-order valence-corrected chi connectivity index (χ0v) is 10.9. The van der Waals surface area contributed by atoms with Gasteiger partial charge in [-0.1, -0.05) is 0 Å². The summed E-state index contributed by atoms with van der Waals surface area (Å²) in [6, 6.07) is 6.75. The molecule has 4 nitrogen and oxygen atoms in total. The first-order chi connectivity index (χ1) is 8.68.